The molecule has 6 heteroatoms. The molecular weight excluding hydrogens is 298 g/mol. The summed E-state index contributed by atoms with van der Waals surface area (Å²) in [6.45, 7) is 1.38. The number of rotatable bonds is 5. The third kappa shape index (κ3) is 3.37. The predicted octanol–water partition coefficient (Wildman–Crippen LogP) is 2.94. The van der Waals surface area contributed by atoms with Crippen molar-refractivity contribution in [2.75, 3.05) is 25.2 Å². The Kier molecular flexibility index (Phi) is 4.34. The number of phenols is 1. The molecule has 0 saturated heterocycles. The van der Waals surface area contributed by atoms with Crippen LogP contribution in [0.1, 0.15) is 5.56 Å². The first kappa shape index (κ1) is 15.2. The molecule has 120 valence electrons. The number of nitrogens with zero attached hydrogens (tertiary/aromatic N) is 1. The van der Waals surface area contributed by atoms with E-state index < -0.39 is 6.09 Å². The molecule has 2 aromatic carbocycles. The van der Waals surface area contributed by atoms with Crippen molar-refractivity contribution in [2.24, 2.45) is 0 Å². The van der Waals surface area contributed by atoms with Crippen LogP contribution in [0.3, 0.4) is 0 Å². The number of phenolic OH excluding ortho intramolecular Hbond substituents is 1. The van der Waals surface area contributed by atoms with Crippen LogP contribution >= 0.6 is 0 Å². The van der Waals surface area contributed by atoms with Gasteiger partial charge in [0.1, 0.15) is 23.9 Å². The Morgan fingerprint density at radius 3 is 2.70 bits per heavy atom. The molecule has 0 unspecified atom stereocenters. The molecule has 0 fully saturated rings. The highest BCUT2D eigenvalue weighted by Gasteiger charge is 2.26. The van der Waals surface area contributed by atoms with Crippen LogP contribution in [0.4, 0.5) is 10.5 Å². The van der Waals surface area contributed by atoms with Gasteiger partial charge in [0.15, 0.2) is 0 Å². The molecule has 0 radical (unpaired) electrons. The third-order valence-corrected chi connectivity index (χ3v) is 3.50. The maximum atomic E-state index is 12.1. The van der Waals surface area contributed by atoms with Crippen LogP contribution in [0.25, 0.3) is 0 Å². The lowest BCUT2D eigenvalue weighted by molar-refractivity contribution is 0.146. The van der Waals surface area contributed by atoms with Gasteiger partial charge in [0.25, 0.3) is 0 Å². The quantitative estimate of drug-likeness (QED) is 0.859. The van der Waals surface area contributed by atoms with Crippen LogP contribution in [-0.2, 0) is 11.3 Å². The van der Waals surface area contributed by atoms with Gasteiger partial charge in [-0.3, -0.25) is 4.90 Å². The van der Waals surface area contributed by atoms with Gasteiger partial charge in [0.2, 0.25) is 0 Å². The number of aromatic hydroxyl groups is 1. The molecule has 23 heavy (non-hydrogen) atoms. The largest absolute Gasteiger partial charge is 0.508 e. The van der Waals surface area contributed by atoms with E-state index in [2.05, 4.69) is 0 Å². The molecule has 3 rings (SSSR count). The fourth-order valence-corrected chi connectivity index (χ4v) is 2.31. The molecule has 0 saturated carbocycles. The normalized spacial score (nSPS) is 13.4. The first-order valence-electron chi connectivity index (χ1n) is 7.20. The first-order chi connectivity index (χ1) is 11.2. The summed E-state index contributed by atoms with van der Waals surface area (Å²) in [6.07, 6.45) is -0.476. The summed E-state index contributed by atoms with van der Waals surface area (Å²) in [6, 6.07) is 11.9. The average molecular weight is 315 g/mol. The number of hydrogen-bond donors (Lipinski definition) is 1. The summed E-state index contributed by atoms with van der Waals surface area (Å²) in [4.78, 5) is 13.7. The smallest absolute Gasteiger partial charge is 0.420 e. The van der Waals surface area contributed by atoms with E-state index in [0.717, 1.165) is 5.56 Å². The zero-order chi connectivity index (χ0) is 16.2. The minimum Gasteiger partial charge on any atom is -0.508 e. The number of methoxy groups -OCH3 is 1. The maximum absolute atomic E-state index is 12.1. The number of carbonyl (C=O) groups is 1. The van der Waals surface area contributed by atoms with E-state index in [4.69, 9.17) is 14.2 Å². The van der Waals surface area contributed by atoms with Crippen LogP contribution in [-0.4, -0.2) is 31.5 Å². The van der Waals surface area contributed by atoms with Gasteiger partial charge in [-0.25, -0.2) is 4.79 Å². The highest BCUT2D eigenvalue weighted by atomic mass is 16.6. The number of ether oxygens (including phenoxy) is 3. The van der Waals surface area contributed by atoms with E-state index >= 15 is 0 Å². The van der Waals surface area contributed by atoms with Gasteiger partial charge in [-0.15, -0.1) is 0 Å². The van der Waals surface area contributed by atoms with Gasteiger partial charge in [0.05, 0.1) is 13.2 Å². The van der Waals surface area contributed by atoms with Crippen molar-refractivity contribution in [3.8, 4) is 17.2 Å². The van der Waals surface area contributed by atoms with Crippen LogP contribution < -0.4 is 14.4 Å². The monoisotopic (exact) mass is 315 g/mol. The van der Waals surface area contributed by atoms with Crippen LogP contribution in [0.15, 0.2) is 42.5 Å². The van der Waals surface area contributed by atoms with Gasteiger partial charge < -0.3 is 19.3 Å². The van der Waals surface area contributed by atoms with Crippen molar-refractivity contribution >= 4 is 11.8 Å². The van der Waals surface area contributed by atoms with Gasteiger partial charge >= 0.3 is 6.09 Å². The third-order valence-electron chi connectivity index (χ3n) is 3.50. The fraction of sp³-hybridized carbons (Fsp3) is 0.235. The molecule has 1 heterocycles. The minimum absolute atomic E-state index is 0.0718. The van der Waals surface area contributed by atoms with Gasteiger partial charge in [0, 0.05) is 24.4 Å². The molecular formula is C17H17NO5. The topological polar surface area (TPSA) is 68.2 Å². The second kappa shape index (κ2) is 6.58. The second-order valence-corrected chi connectivity index (χ2v) is 5.08. The number of carbonyl (C=O) groups excluding carboxylic acids is 1. The Hall–Kier alpha value is -2.73. The van der Waals surface area contributed by atoms with Gasteiger partial charge in [-0.05, 0) is 36.4 Å². The Morgan fingerprint density at radius 1 is 1.17 bits per heavy atom. The Labute approximate surface area is 133 Å². The van der Waals surface area contributed by atoms with E-state index in [0.29, 0.717) is 36.9 Å². The second-order valence-electron chi connectivity index (χ2n) is 5.08. The summed E-state index contributed by atoms with van der Waals surface area (Å²) >= 11 is 0. The molecule has 0 bridgehead atoms. The Morgan fingerprint density at radius 2 is 1.96 bits per heavy atom. The molecule has 0 atom stereocenters. The number of hydrogen-bond acceptors (Lipinski definition) is 5. The summed E-state index contributed by atoms with van der Waals surface area (Å²) in [5.41, 5.74) is 1.55. The maximum Gasteiger partial charge on any atom is 0.420 e. The van der Waals surface area contributed by atoms with Crippen LogP contribution in [0.5, 0.6) is 17.2 Å². The number of anilines is 1. The van der Waals surface area contributed by atoms with Crippen molar-refractivity contribution in [3.05, 3.63) is 48.0 Å². The van der Waals surface area contributed by atoms with Crippen molar-refractivity contribution < 1.29 is 24.1 Å². The number of amides is 1. The molecule has 0 aromatic heterocycles. The zero-order valence-electron chi connectivity index (χ0n) is 12.7. The zero-order valence-corrected chi connectivity index (χ0v) is 12.7. The van der Waals surface area contributed by atoms with E-state index in [9.17, 15) is 9.90 Å². The summed E-state index contributed by atoms with van der Waals surface area (Å²) in [5, 5.41) is 9.45. The highest BCUT2D eigenvalue weighted by molar-refractivity contribution is 5.91. The molecule has 1 N–H and O–H groups in total. The SMILES string of the molecule is COCCOc1ccc(N2Cc3ccc(O)cc3OC2=O)cc1. The summed E-state index contributed by atoms with van der Waals surface area (Å²) in [7, 11) is 1.62. The van der Waals surface area contributed by atoms with Gasteiger partial charge in [-0.2, -0.15) is 0 Å². The van der Waals surface area contributed by atoms with Crippen LogP contribution in [0, 0.1) is 0 Å². The average Bonchev–Trinajstić information content (AvgIpc) is 2.55. The first-order valence-corrected chi connectivity index (χ1v) is 7.20. The Balaban J connectivity index is 1.74. The Bertz CT molecular complexity index is 699. The van der Waals surface area contributed by atoms with E-state index in [1.54, 1.807) is 43.5 Å². The minimum atomic E-state index is -0.476. The number of benzene rings is 2. The molecule has 1 aliphatic heterocycles. The lowest BCUT2D eigenvalue weighted by atomic mass is 10.1. The van der Waals surface area contributed by atoms with E-state index in [-0.39, 0.29) is 5.75 Å². The molecule has 1 amide bonds. The van der Waals surface area contributed by atoms with E-state index in [1.165, 1.54) is 11.0 Å². The molecule has 0 spiro atoms. The molecule has 2 aromatic rings. The van der Waals surface area contributed by atoms with Gasteiger partial charge in [-0.1, -0.05) is 0 Å². The van der Waals surface area contributed by atoms with Crippen molar-refractivity contribution in [2.45, 2.75) is 6.54 Å². The number of fused-ring (bicyclic) bond motifs is 1. The predicted molar refractivity (Wildman–Crippen MR) is 84.1 cm³/mol. The summed E-state index contributed by atoms with van der Waals surface area (Å²) < 4.78 is 15.7. The molecule has 1 aliphatic rings. The lowest BCUT2D eigenvalue weighted by Crippen LogP contribution is -2.36. The van der Waals surface area contributed by atoms with E-state index in [1.807, 2.05) is 0 Å². The van der Waals surface area contributed by atoms with Crippen molar-refractivity contribution in [1.29, 1.82) is 0 Å². The fourth-order valence-electron chi connectivity index (χ4n) is 2.31. The molecule has 0 aliphatic carbocycles. The lowest BCUT2D eigenvalue weighted by Gasteiger charge is -2.28. The standard InChI is InChI=1S/C17H17NO5/c1-21-8-9-22-15-6-3-13(4-7-15)18-11-12-2-5-14(19)10-16(12)23-17(18)20/h2-7,10,19H,8-9,11H2,1H3. The molecule has 6 nitrogen and oxygen atoms in total. The van der Waals surface area contributed by atoms with Crippen LogP contribution in [0.2, 0.25) is 0 Å². The highest BCUT2D eigenvalue weighted by Crippen LogP contribution is 2.32. The van der Waals surface area contributed by atoms with Crippen molar-refractivity contribution in [3.63, 3.8) is 0 Å². The summed E-state index contributed by atoms with van der Waals surface area (Å²) in [5.74, 6) is 1.18. The van der Waals surface area contributed by atoms with Crippen molar-refractivity contribution in [1.82, 2.24) is 0 Å².